The predicted octanol–water partition coefficient (Wildman–Crippen LogP) is 2.87. The third-order valence-corrected chi connectivity index (χ3v) is 9.41. The minimum atomic E-state index is -1.01. The summed E-state index contributed by atoms with van der Waals surface area (Å²) in [4.78, 5) is 66.1. The molecule has 1 heterocycles. The number of primary amides is 1. The summed E-state index contributed by atoms with van der Waals surface area (Å²) in [6.07, 6.45) is 3.02. The lowest BCUT2D eigenvalue weighted by atomic mass is 10.0. The van der Waals surface area contributed by atoms with Gasteiger partial charge in [0.1, 0.15) is 36.0 Å². The van der Waals surface area contributed by atoms with Crippen molar-refractivity contribution in [1.29, 1.82) is 0 Å². The molecule has 0 radical (unpaired) electrons. The second kappa shape index (κ2) is 20.1. The molecule has 0 aromatic heterocycles. The van der Waals surface area contributed by atoms with E-state index in [0.717, 1.165) is 49.2 Å². The molecule has 0 spiro atoms. The van der Waals surface area contributed by atoms with E-state index in [2.05, 4.69) is 44.4 Å². The maximum Gasteiger partial charge on any atom is 0.243 e. The fraction of sp³-hybridized carbons (Fsp3) is 0.439. The number of carbonyl (C=O) groups excluding carboxylic acids is 5. The first-order chi connectivity index (χ1) is 25.4. The molecule has 3 aromatic carbocycles. The monoisotopic (exact) mass is 726 g/mol. The van der Waals surface area contributed by atoms with E-state index in [1.165, 1.54) is 19.4 Å². The zero-order chi connectivity index (χ0) is 38.3. The zero-order valence-electron chi connectivity index (χ0n) is 31.2. The van der Waals surface area contributed by atoms with Gasteiger partial charge in [-0.25, -0.2) is 0 Å². The fourth-order valence-electron chi connectivity index (χ4n) is 6.19. The topological polar surface area (TPSA) is 172 Å². The van der Waals surface area contributed by atoms with Gasteiger partial charge in [-0.1, -0.05) is 92.7 Å². The second-order valence-electron chi connectivity index (χ2n) is 14.1. The average molecular weight is 727 g/mol. The Morgan fingerprint density at radius 2 is 1.26 bits per heavy atom. The molecule has 3 aromatic rings. The average Bonchev–Trinajstić information content (AvgIpc) is 3.14. The van der Waals surface area contributed by atoms with Crippen molar-refractivity contribution in [3.8, 4) is 5.75 Å². The molecule has 53 heavy (non-hydrogen) atoms. The van der Waals surface area contributed by atoms with Crippen LogP contribution >= 0.6 is 0 Å². The van der Waals surface area contributed by atoms with Gasteiger partial charge in [0, 0.05) is 38.9 Å². The Kier molecular flexibility index (Phi) is 15.4. The van der Waals surface area contributed by atoms with E-state index < -0.39 is 47.8 Å². The minimum Gasteiger partial charge on any atom is -0.490 e. The lowest BCUT2D eigenvalue weighted by Gasteiger charge is -2.32. The summed E-state index contributed by atoms with van der Waals surface area (Å²) < 4.78 is 6.45. The highest BCUT2D eigenvalue weighted by molar-refractivity contribution is 5.95. The normalized spacial score (nSPS) is 15.7. The Bertz CT molecular complexity index is 1660. The van der Waals surface area contributed by atoms with Gasteiger partial charge in [-0.05, 0) is 55.4 Å². The van der Waals surface area contributed by atoms with Crippen molar-refractivity contribution in [1.82, 2.24) is 26.2 Å². The molecule has 0 unspecified atom stereocenters. The molecule has 1 aliphatic rings. The van der Waals surface area contributed by atoms with E-state index in [1.54, 1.807) is 0 Å². The molecule has 1 saturated heterocycles. The number of nitrogens with two attached hydrogens (primary N) is 1. The summed E-state index contributed by atoms with van der Waals surface area (Å²) in [7, 11) is 0. The Hall–Kier alpha value is -5.23. The highest BCUT2D eigenvalue weighted by Crippen LogP contribution is 2.25. The van der Waals surface area contributed by atoms with Crippen molar-refractivity contribution in [3.63, 3.8) is 0 Å². The standard InChI is InChI=1S/C41H54N6O6/c1-27(2)37(41(52)44-28(3)39(50)43-29(4)40(51)45-34(38(42)49)26-31-15-9-6-10-16-31)46-36(48)21-24-47-22-19-33(20-23-47)53-35-18-12-11-17-32(35)25-30-13-7-5-8-14-30/h5-18,27-29,33-34,37H,19-26H2,1-4H3,(H2,42,49)(H,43,50)(H,44,52)(H,45,51)(H,46,48)/t28-,29-,34+,37-/m0/s1. The highest BCUT2D eigenvalue weighted by atomic mass is 16.5. The van der Waals surface area contributed by atoms with Crippen LogP contribution in [0.5, 0.6) is 5.75 Å². The number of nitrogens with zero attached hydrogens (tertiary/aromatic N) is 1. The van der Waals surface area contributed by atoms with Gasteiger partial charge in [-0.3, -0.25) is 24.0 Å². The molecule has 4 rings (SSSR count). The Labute approximate surface area is 312 Å². The van der Waals surface area contributed by atoms with Crippen molar-refractivity contribution >= 4 is 29.5 Å². The summed E-state index contributed by atoms with van der Waals surface area (Å²) >= 11 is 0. The molecule has 12 nitrogen and oxygen atoms in total. The molecule has 1 fully saturated rings. The molecule has 284 valence electrons. The number of piperidine rings is 1. The molecular formula is C41H54N6O6. The Balaban J connectivity index is 1.18. The van der Waals surface area contributed by atoms with Crippen LogP contribution in [0.15, 0.2) is 84.9 Å². The van der Waals surface area contributed by atoms with Gasteiger partial charge in [-0.15, -0.1) is 0 Å². The summed E-state index contributed by atoms with van der Waals surface area (Å²) in [5.41, 5.74) is 8.72. The summed E-state index contributed by atoms with van der Waals surface area (Å²) in [6.45, 7) is 8.74. The first-order valence-electron chi connectivity index (χ1n) is 18.4. The van der Waals surface area contributed by atoms with Crippen molar-refractivity contribution in [2.24, 2.45) is 11.7 Å². The fourth-order valence-corrected chi connectivity index (χ4v) is 6.19. The smallest absolute Gasteiger partial charge is 0.243 e. The van der Waals surface area contributed by atoms with Gasteiger partial charge >= 0.3 is 0 Å². The van der Waals surface area contributed by atoms with Gasteiger partial charge in [0.25, 0.3) is 0 Å². The summed E-state index contributed by atoms with van der Waals surface area (Å²) in [5.74, 6) is -1.98. The number of likely N-dealkylation sites (tertiary alicyclic amines) is 1. The second-order valence-corrected chi connectivity index (χ2v) is 14.1. The van der Waals surface area contributed by atoms with Crippen molar-refractivity contribution in [2.75, 3.05) is 19.6 Å². The van der Waals surface area contributed by atoms with Gasteiger partial charge in [0.15, 0.2) is 0 Å². The van der Waals surface area contributed by atoms with Crippen LogP contribution in [0.4, 0.5) is 0 Å². The SMILES string of the molecule is CC(C)[C@H](NC(=O)CCN1CCC(Oc2ccccc2Cc2ccccc2)CC1)C(=O)N[C@@H](C)C(=O)N[C@@H](C)C(=O)N[C@H](Cc1ccccc1)C(N)=O. The predicted molar refractivity (Wildman–Crippen MR) is 204 cm³/mol. The van der Waals surface area contributed by atoms with Crippen molar-refractivity contribution < 1.29 is 28.7 Å². The molecule has 1 aliphatic heterocycles. The van der Waals surface area contributed by atoms with Crippen LogP contribution in [0, 0.1) is 5.92 Å². The first-order valence-corrected chi connectivity index (χ1v) is 18.4. The van der Waals surface area contributed by atoms with Gasteiger partial charge < -0.3 is 36.6 Å². The van der Waals surface area contributed by atoms with E-state index >= 15 is 0 Å². The number of hydrogen-bond acceptors (Lipinski definition) is 7. The van der Waals surface area contributed by atoms with E-state index in [9.17, 15) is 24.0 Å². The molecule has 0 aliphatic carbocycles. The molecule has 6 N–H and O–H groups in total. The van der Waals surface area contributed by atoms with Crippen molar-refractivity contribution in [2.45, 2.75) is 90.1 Å². The number of carbonyl (C=O) groups is 5. The van der Waals surface area contributed by atoms with Crippen LogP contribution in [0.1, 0.15) is 63.6 Å². The maximum atomic E-state index is 13.2. The van der Waals surface area contributed by atoms with Crippen LogP contribution in [-0.2, 0) is 36.8 Å². The van der Waals surface area contributed by atoms with Crippen LogP contribution in [0.2, 0.25) is 0 Å². The number of para-hydroxylation sites is 1. The molecule has 4 atom stereocenters. The van der Waals surface area contributed by atoms with Crippen molar-refractivity contribution in [3.05, 3.63) is 102 Å². The summed E-state index contributed by atoms with van der Waals surface area (Å²) in [6, 6.07) is 23.8. The van der Waals surface area contributed by atoms with Gasteiger partial charge in [0.05, 0.1) is 0 Å². The number of hydrogen-bond donors (Lipinski definition) is 5. The Morgan fingerprint density at radius 1 is 0.717 bits per heavy atom. The van der Waals surface area contributed by atoms with Gasteiger partial charge in [0.2, 0.25) is 29.5 Å². The lowest BCUT2D eigenvalue weighted by molar-refractivity contribution is -0.134. The van der Waals surface area contributed by atoms with Crippen LogP contribution in [0.3, 0.4) is 0 Å². The zero-order valence-corrected chi connectivity index (χ0v) is 31.2. The van der Waals surface area contributed by atoms with E-state index in [1.807, 2.05) is 80.6 Å². The largest absolute Gasteiger partial charge is 0.490 e. The molecule has 5 amide bonds. The maximum absolute atomic E-state index is 13.2. The third kappa shape index (κ3) is 13.0. The van der Waals surface area contributed by atoms with Crippen LogP contribution in [0.25, 0.3) is 0 Å². The Morgan fingerprint density at radius 3 is 1.87 bits per heavy atom. The van der Waals surface area contributed by atoms with E-state index in [0.29, 0.717) is 6.54 Å². The van der Waals surface area contributed by atoms with Gasteiger partial charge in [-0.2, -0.15) is 0 Å². The number of nitrogens with one attached hydrogen (secondary N) is 4. The first kappa shape index (κ1) is 40.5. The summed E-state index contributed by atoms with van der Waals surface area (Å²) in [5, 5.41) is 10.6. The molecule has 0 saturated carbocycles. The van der Waals surface area contributed by atoms with E-state index in [-0.39, 0.29) is 30.8 Å². The lowest BCUT2D eigenvalue weighted by Crippen LogP contribution is -2.57. The third-order valence-electron chi connectivity index (χ3n) is 9.41. The molecular weight excluding hydrogens is 672 g/mol. The number of ether oxygens (including phenoxy) is 1. The number of benzene rings is 3. The van der Waals surface area contributed by atoms with Crippen LogP contribution < -0.4 is 31.7 Å². The number of amides is 5. The molecule has 0 bridgehead atoms. The minimum absolute atomic E-state index is 0.0919. The van der Waals surface area contributed by atoms with Crippen LogP contribution in [-0.4, -0.2) is 84.3 Å². The van der Waals surface area contributed by atoms with E-state index in [4.69, 9.17) is 10.5 Å². The quantitative estimate of drug-likeness (QED) is 0.134. The highest BCUT2D eigenvalue weighted by Gasteiger charge is 2.29. The number of rotatable bonds is 18. The molecule has 12 heteroatoms.